The zero-order chi connectivity index (χ0) is 37.0. The number of fused-ring (bicyclic) bond motifs is 7. The van der Waals surface area contributed by atoms with E-state index < -0.39 is 0 Å². The molecule has 262 valence electrons. The van der Waals surface area contributed by atoms with Gasteiger partial charge in [-0.2, -0.15) is 9.97 Å². The number of hydrogen-bond acceptors (Lipinski definition) is 5. The maximum atomic E-state index is 5.28. The fraction of sp³-hybridized carbons (Fsp3) is 0. The summed E-state index contributed by atoms with van der Waals surface area (Å²) in [6.45, 7) is 0. The van der Waals surface area contributed by atoms with Crippen LogP contribution in [0.15, 0.2) is 188 Å². The number of aromatic nitrogens is 7. The van der Waals surface area contributed by atoms with Crippen LogP contribution in [0, 0.1) is 0 Å². The number of rotatable bonds is 6. The number of hydrogen-bond donors (Lipinski definition) is 0. The minimum atomic E-state index is 0.543. The van der Waals surface area contributed by atoms with Gasteiger partial charge in [0.1, 0.15) is 0 Å². The summed E-state index contributed by atoms with van der Waals surface area (Å²) >= 11 is 0. The molecule has 0 spiro atoms. The zero-order valence-electron chi connectivity index (χ0n) is 30.0. The van der Waals surface area contributed by atoms with Crippen molar-refractivity contribution >= 4 is 43.6 Å². The average Bonchev–Trinajstić information content (AvgIpc) is 3.80. The molecule has 0 aliphatic rings. The number of para-hydroxylation sites is 2. The van der Waals surface area contributed by atoms with Crippen LogP contribution in [0.4, 0.5) is 0 Å². The van der Waals surface area contributed by atoms with Gasteiger partial charge >= 0.3 is 0 Å². The molecular formula is C49H31N7. The van der Waals surface area contributed by atoms with E-state index >= 15 is 0 Å². The van der Waals surface area contributed by atoms with E-state index in [2.05, 4.69) is 100 Å². The molecule has 0 saturated carbocycles. The summed E-state index contributed by atoms with van der Waals surface area (Å²) in [4.78, 5) is 26.0. The molecule has 11 rings (SSSR count). The molecular weight excluding hydrogens is 687 g/mol. The first-order valence-corrected chi connectivity index (χ1v) is 18.6. The molecule has 0 aliphatic carbocycles. The summed E-state index contributed by atoms with van der Waals surface area (Å²) in [5.41, 5.74) is 9.57. The third kappa shape index (κ3) is 5.17. The van der Waals surface area contributed by atoms with Crippen molar-refractivity contribution in [2.45, 2.75) is 0 Å². The van der Waals surface area contributed by atoms with Crippen molar-refractivity contribution in [3.63, 3.8) is 0 Å². The van der Waals surface area contributed by atoms with Crippen LogP contribution in [0.25, 0.3) is 101 Å². The molecule has 0 aliphatic heterocycles. The summed E-state index contributed by atoms with van der Waals surface area (Å²) in [6.07, 6.45) is 0. The van der Waals surface area contributed by atoms with E-state index in [1.807, 2.05) is 97.1 Å². The van der Waals surface area contributed by atoms with E-state index in [1.165, 1.54) is 0 Å². The van der Waals surface area contributed by atoms with E-state index in [9.17, 15) is 0 Å². The molecule has 0 N–H and O–H groups in total. The largest absolute Gasteiger partial charge is 0.278 e. The van der Waals surface area contributed by atoms with Gasteiger partial charge in [-0.15, -0.1) is 0 Å². The predicted octanol–water partition coefficient (Wildman–Crippen LogP) is 11.5. The van der Waals surface area contributed by atoms with E-state index in [0.29, 0.717) is 23.5 Å². The molecule has 0 amide bonds. The second-order valence-electron chi connectivity index (χ2n) is 13.7. The molecule has 7 heteroatoms. The predicted molar refractivity (Wildman–Crippen MR) is 226 cm³/mol. The van der Waals surface area contributed by atoms with Gasteiger partial charge in [-0.25, -0.2) is 15.0 Å². The van der Waals surface area contributed by atoms with Crippen LogP contribution in [-0.2, 0) is 0 Å². The Morgan fingerprint density at radius 1 is 0.304 bits per heavy atom. The van der Waals surface area contributed by atoms with Crippen molar-refractivity contribution in [1.29, 1.82) is 0 Å². The van der Waals surface area contributed by atoms with Crippen LogP contribution < -0.4 is 0 Å². The molecule has 0 bridgehead atoms. The average molecular weight is 718 g/mol. The van der Waals surface area contributed by atoms with Gasteiger partial charge in [0.15, 0.2) is 11.6 Å². The Morgan fingerprint density at radius 2 is 0.750 bits per heavy atom. The maximum absolute atomic E-state index is 5.28. The van der Waals surface area contributed by atoms with Crippen molar-refractivity contribution in [1.82, 2.24) is 34.1 Å². The Bertz CT molecular complexity index is 3110. The zero-order valence-corrected chi connectivity index (χ0v) is 30.0. The van der Waals surface area contributed by atoms with Crippen molar-refractivity contribution < 1.29 is 0 Å². The molecule has 0 radical (unpaired) electrons. The third-order valence-corrected chi connectivity index (χ3v) is 10.4. The molecule has 4 heterocycles. The molecule has 7 aromatic carbocycles. The van der Waals surface area contributed by atoms with Crippen molar-refractivity contribution in [2.75, 3.05) is 0 Å². The quantitative estimate of drug-likeness (QED) is 0.171. The van der Waals surface area contributed by atoms with E-state index in [-0.39, 0.29) is 0 Å². The molecule has 11 aromatic rings. The molecule has 0 atom stereocenters. The van der Waals surface area contributed by atoms with Gasteiger partial charge in [-0.3, -0.25) is 9.13 Å². The Hall–Kier alpha value is -7.77. The highest BCUT2D eigenvalue weighted by atomic mass is 15.2. The standard InChI is InChI=1S/C49H31N7/c1-5-17-32(18-6-1)39-31-40(33-19-7-2-8-20-33)51-48(50-39)55-42-28-16-14-26-38(42)44-43(55)30-29-37-36-25-13-15-27-41(36)56(45(37)44)49-53-46(34-21-9-3-10-22-34)52-47(54-49)35-23-11-4-12-24-35/h1-31H. The van der Waals surface area contributed by atoms with Crippen LogP contribution in [-0.4, -0.2) is 34.1 Å². The van der Waals surface area contributed by atoms with E-state index in [1.54, 1.807) is 0 Å². The Morgan fingerprint density at radius 3 is 1.30 bits per heavy atom. The lowest BCUT2D eigenvalue weighted by molar-refractivity contribution is 0.955. The monoisotopic (exact) mass is 717 g/mol. The van der Waals surface area contributed by atoms with Gasteiger partial charge in [0, 0.05) is 43.8 Å². The van der Waals surface area contributed by atoms with Crippen molar-refractivity contribution in [3.8, 4) is 57.2 Å². The summed E-state index contributed by atoms with van der Waals surface area (Å²) in [6, 6.07) is 64.3. The van der Waals surface area contributed by atoms with Gasteiger partial charge in [0.2, 0.25) is 11.9 Å². The minimum Gasteiger partial charge on any atom is -0.278 e. The highest BCUT2D eigenvalue weighted by Crippen LogP contribution is 2.42. The molecule has 7 nitrogen and oxygen atoms in total. The lowest BCUT2D eigenvalue weighted by Crippen LogP contribution is -2.06. The normalized spacial score (nSPS) is 11.6. The summed E-state index contributed by atoms with van der Waals surface area (Å²) in [5.74, 6) is 2.35. The second-order valence-corrected chi connectivity index (χ2v) is 13.7. The molecule has 0 saturated heterocycles. The Kier molecular flexibility index (Phi) is 7.35. The smallest absolute Gasteiger partial charge is 0.238 e. The van der Waals surface area contributed by atoms with Crippen molar-refractivity contribution in [3.05, 3.63) is 188 Å². The Balaban J connectivity index is 1.25. The summed E-state index contributed by atoms with van der Waals surface area (Å²) in [5, 5.41) is 4.35. The van der Waals surface area contributed by atoms with Gasteiger partial charge < -0.3 is 0 Å². The second kappa shape index (κ2) is 13.0. The minimum absolute atomic E-state index is 0.543. The van der Waals surface area contributed by atoms with E-state index in [4.69, 9.17) is 24.9 Å². The maximum Gasteiger partial charge on any atom is 0.238 e. The first-order valence-electron chi connectivity index (χ1n) is 18.6. The first kappa shape index (κ1) is 31.7. The van der Waals surface area contributed by atoms with E-state index in [0.717, 1.165) is 77.3 Å². The van der Waals surface area contributed by atoms with Gasteiger partial charge in [-0.05, 0) is 24.3 Å². The van der Waals surface area contributed by atoms with Crippen LogP contribution in [0.3, 0.4) is 0 Å². The topological polar surface area (TPSA) is 74.3 Å². The van der Waals surface area contributed by atoms with Gasteiger partial charge in [-0.1, -0.05) is 164 Å². The summed E-state index contributed by atoms with van der Waals surface area (Å²) < 4.78 is 4.41. The lowest BCUT2D eigenvalue weighted by Gasteiger charge is -2.12. The molecule has 0 fully saturated rings. The third-order valence-electron chi connectivity index (χ3n) is 10.4. The van der Waals surface area contributed by atoms with Gasteiger partial charge in [0.05, 0.1) is 33.5 Å². The van der Waals surface area contributed by atoms with Crippen LogP contribution >= 0.6 is 0 Å². The van der Waals surface area contributed by atoms with Crippen molar-refractivity contribution in [2.24, 2.45) is 0 Å². The van der Waals surface area contributed by atoms with Crippen LogP contribution in [0.2, 0.25) is 0 Å². The SMILES string of the molecule is c1ccc(-c2cc(-c3ccccc3)nc(-n3c4ccccc4c4c3ccc3c5ccccc5n(-c5nc(-c6ccccc6)nc(-c6ccccc6)n5)c34)n2)cc1. The van der Waals surface area contributed by atoms with Gasteiger partial charge in [0.25, 0.3) is 0 Å². The Labute approximate surface area is 321 Å². The molecule has 56 heavy (non-hydrogen) atoms. The highest BCUT2D eigenvalue weighted by molar-refractivity contribution is 6.26. The van der Waals surface area contributed by atoms with Crippen LogP contribution in [0.5, 0.6) is 0 Å². The molecule has 0 unspecified atom stereocenters. The fourth-order valence-electron chi connectivity index (χ4n) is 7.88. The first-order chi connectivity index (χ1) is 27.8. The lowest BCUT2D eigenvalue weighted by atomic mass is 10.1. The highest BCUT2D eigenvalue weighted by Gasteiger charge is 2.24. The van der Waals surface area contributed by atoms with Crippen LogP contribution in [0.1, 0.15) is 0 Å². The fourth-order valence-corrected chi connectivity index (χ4v) is 7.88. The molecule has 4 aromatic heterocycles. The number of nitrogens with zero attached hydrogens (tertiary/aromatic N) is 7. The number of benzene rings is 7. The summed E-state index contributed by atoms with van der Waals surface area (Å²) in [7, 11) is 0.